The van der Waals surface area contributed by atoms with Crippen LogP contribution in [-0.2, 0) is 5.88 Å². The molecule has 21 heavy (non-hydrogen) atoms. The summed E-state index contributed by atoms with van der Waals surface area (Å²) in [5.74, 6) is 0.266. The molecule has 0 saturated carbocycles. The molecule has 104 valence electrons. The Balaban J connectivity index is 1.93. The van der Waals surface area contributed by atoms with Gasteiger partial charge < -0.3 is 5.32 Å². The van der Waals surface area contributed by atoms with Crippen molar-refractivity contribution in [2.24, 2.45) is 0 Å². The normalized spacial score (nSPS) is 10.5. The van der Waals surface area contributed by atoms with E-state index in [0.717, 1.165) is 22.2 Å². The second kappa shape index (κ2) is 5.94. The molecule has 3 nitrogen and oxygen atoms in total. The molecule has 0 bridgehead atoms. The van der Waals surface area contributed by atoms with E-state index in [0.29, 0.717) is 11.4 Å². The highest BCUT2D eigenvalue weighted by Crippen LogP contribution is 2.19. The first-order chi connectivity index (χ1) is 10.3. The third-order valence-corrected chi connectivity index (χ3v) is 3.54. The summed E-state index contributed by atoms with van der Waals surface area (Å²) in [5, 5.41) is 3.74. The van der Waals surface area contributed by atoms with E-state index >= 15 is 0 Å². The van der Waals surface area contributed by atoms with E-state index in [4.69, 9.17) is 11.6 Å². The monoisotopic (exact) mass is 296 g/mol. The third kappa shape index (κ3) is 2.88. The number of pyridine rings is 1. The summed E-state index contributed by atoms with van der Waals surface area (Å²) in [7, 11) is 0. The van der Waals surface area contributed by atoms with E-state index in [-0.39, 0.29) is 5.91 Å². The molecule has 0 spiro atoms. The first-order valence-corrected chi connectivity index (χ1v) is 7.11. The fourth-order valence-corrected chi connectivity index (χ4v) is 2.40. The number of fused-ring (bicyclic) bond motifs is 1. The number of rotatable bonds is 3. The van der Waals surface area contributed by atoms with Gasteiger partial charge in [0.05, 0.1) is 5.52 Å². The van der Waals surface area contributed by atoms with Gasteiger partial charge in [-0.15, -0.1) is 11.6 Å². The second-order valence-corrected chi connectivity index (χ2v) is 4.93. The van der Waals surface area contributed by atoms with Gasteiger partial charge in [-0.05, 0) is 35.9 Å². The predicted octanol–water partition coefficient (Wildman–Crippen LogP) is 4.23. The van der Waals surface area contributed by atoms with Gasteiger partial charge in [0.25, 0.3) is 5.91 Å². The molecule has 1 aromatic heterocycles. The number of hydrogen-bond acceptors (Lipinski definition) is 2. The van der Waals surface area contributed by atoms with E-state index in [1.807, 2.05) is 48.5 Å². The topological polar surface area (TPSA) is 42.0 Å². The summed E-state index contributed by atoms with van der Waals surface area (Å²) in [6.07, 6.45) is 1.72. The molecule has 1 heterocycles. The lowest BCUT2D eigenvalue weighted by atomic mass is 10.1. The van der Waals surface area contributed by atoms with Crippen molar-refractivity contribution in [2.45, 2.75) is 5.88 Å². The van der Waals surface area contributed by atoms with Crippen LogP contribution in [-0.4, -0.2) is 10.9 Å². The van der Waals surface area contributed by atoms with Crippen molar-refractivity contribution in [3.63, 3.8) is 0 Å². The van der Waals surface area contributed by atoms with Gasteiger partial charge in [0, 0.05) is 28.7 Å². The van der Waals surface area contributed by atoms with Crippen LogP contribution >= 0.6 is 11.6 Å². The van der Waals surface area contributed by atoms with Gasteiger partial charge in [0.1, 0.15) is 0 Å². The summed E-state index contributed by atoms with van der Waals surface area (Å²) in [4.78, 5) is 16.7. The molecule has 0 atom stereocenters. The summed E-state index contributed by atoms with van der Waals surface area (Å²) in [5.41, 5.74) is 3.12. The quantitative estimate of drug-likeness (QED) is 0.735. The first-order valence-electron chi connectivity index (χ1n) is 6.58. The fourth-order valence-electron chi connectivity index (χ4n) is 2.23. The van der Waals surface area contributed by atoms with Gasteiger partial charge >= 0.3 is 0 Å². The average molecular weight is 297 g/mol. The number of nitrogens with zero attached hydrogens (tertiary/aromatic N) is 1. The zero-order chi connectivity index (χ0) is 14.7. The second-order valence-electron chi connectivity index (χ2n) is 4.66. The van der Waals surface area contributed by atoms with Crippen LogP contribution in [0, 0.1) is 0 Å². The van der Waals surface area contributed by atoms with Crippen LogP contribution in [0.15, 0.2) is 60.8 Å². The van der Waals surface area contributed by atoms with Gasteiger partial charge in [-0.2, -0.15) is 0 Å². The largest absolute Gasteiger partial charge is 0.322 e. The molecule has 2 aromatic carbocycles. The number of aromatic nitrogens is 1. The van der Waals surface area contributed by atoms with E-state index < -0.39 is 0 Å². The zero-order valence-corrected chi connectivity index (χ0v) is 12.0. The molecule has 0 aliphatic carbocycles. The molecule has 0 aliphatic heterocycles. The van der Waals surface area contributed by atoms with Gasteiger partial charge in [-0.1, -0.05) is 24.3 Å². The minimum absolute atomic E-state index is 0.152. The molecule has 4 heteroatoms. The third-order valence-electron chi connectivity index (χ3n) is 3.23. The Morgan fingerprint density at radius 2 is 1.95 bits per heavy atom. The number of anilines is 1. The number of hydrogen-bond donors (Lipinski definition) is 1. The maximum atomic E-state index is 12.5. The number of carbonyl (C=O) groups is 1. The van der Waals surface area contributed by atoms with E-state index in [1.165, 1.54) is 0 Å². The Kier molecular flexibility index (Phi) is 3.84. The number of benzene rings is 2. The number of alkyl halides is 1. The lowest BCUT2D eigenvalue weighted by molar-refractivity contribution is 0.102. The first kappa shape index (κ1) is 13.6. The predicted molar refractivity (Wildman–Crippen MR) is 85.7 cm³/mol. The van der Waals surface area contributed by atoms with E-state index in [1.54, 1.807) is 12.3 Å². The molecular formula is C17H13ClN2O. The molecule has 0 aliphatic rings. The number of nitrogens with one attached hydrogen (secondary N) is 1. The van der Waals surface area contributed by atoms with Crippen LogP contribution in [0.1, 0.15) is 15.9 Å². The van der Waals surface area contributed by atoms with E-state index in [9.17, 15) is 4.79 Å². The molecule has 0 radical (unpaired) electrons. The number of halogens is 1. The van der Waals surface area contributed by atoms with Crippen LogP contribution in [0.5, 0.6) is 0 Å². The minimum atomic E-state index is -0.152. The highest BCUT2D eigenvalue weighted by atomic mass is 35.5. The van der Waals surface area contributed by atoms with Gasteiger partial charge in [-0.25, -0.2) is 0 Å². The highest BCUT2D eigenvalue weighted by molar-refractivity contribution is 6.17. The van der Waals surface area contributed by atoms with Crippen molar-refractivity contribution in [3.8, 4) is 0 Å². The van der Waals surface area contributed by atoms with Crippen LogP contribution in [0.2, 0.25) is 0 Å². The Bertz CT molecular complexity index is 796. The lowest BCUT2D eigenvalue weighted by Gasteiger charge is -2.08. The van der Waals surface area contributed by atoms with Gasteiger partial charge in [0.2, 0.25) is 0 Å². The SMILES string of the molecule is O=C(Nc1cccc(CCl)c1)c1cccc2ncccc12. The zero-order valence-electron chi connectivity index (χ0n) is 11.2. The fraction of sp³-hybridized carbons (Fsp3) is 0.0588. The molecule has 0 fully saturated rings. The molecule has 0 unspecified atom stereocenters. The van der Waals surface area contributed by atoms with Gasteiger partial charge in [-0.3, -0.25) is 9.78 Å². The van der Waals surface area contributed by atoms with Crippen molar-refractivity contribution < 1.29 is 4.79 Å². The Morgan fingerprint density at radius 1 is 1.10 bits per heavy atom. The maximum Gasteiger partial charge on any atom is 0.256 e. The molecular weight excluding hydrogens is 284 g/mol. The molecule has 3 rings (SSSR count). The summed E-state index contributed by atoms with van der Waals surface area (Å²) in [6, 6.07) is 16.7. The smallest absolute Gasteiger partial charge is 0.256 e. The highest BCUT2D eigenvalue weighted by Gasteiger charge is 2.10. The maximum absolute atomic E-state index is 12.5. The van der Waals surface area contributed by atoms with Crippen molar-refractivity contribution in [1.82, 2.24) is 4.98 Å². The van der Waals surface area contributed by atoms with Gasteiger partial charge in [0.15, 0.2) is 0 Å². The minimum Gasteiger partial charge on any atom is -0.322 e. The molecule has 1 N–H and O–H groups in total. The number of amides is 1. The Hall–Kier alpha value is -2.39. The molecule has 3 aromatic rings. The lowest BCUT2D eigenvalue weighted by Crippen LogP contribution is -2.12. The summed E-state index contributed by atoms with van der Waals surface area (Å²) >= 11 is 5.81. The van der Waals surface area contributed by atoms with Crippen LogP contribution in [0.25, 0.3) is 10.9 Å². The standard InChI is InChI=1S/C17H13ClN2O/c18-11-12-4-1-5-13(10-12)20-17(21)15-6-2-8-16-14(15)7-3-9-19-16/h1-10H,11H2,(H,20,21). The Morgan fingerprint density at radius 3 is 2.81 bits per heavy atom. The van der Waals surface area contributed by atoms with Crippen molar-refractivity contribution >= 4 is 34.1 Å². The molecule has 1 amide bonds. The summed E-state index contributed by atoms with van der Waals surface area (Å²) < 4.78 is 0. The number of carbonyl (C=O) groups excluding carboxylic acids is 1. The Labute approximate surface area is 127 Å². The van der Waals surface area contributed by atoms with Crippen molar-refractivity contribution in [1.29, 1.82) is 0 Å². The van der Waals surface area contributed by atoms with Crippen LogP contribution < -0.4 is 5.32 Å². The van der Waals surface area contributed by atoms with Crippen LogP contribution in [0.4, 0.5) is 5.69 Å². The molecule has 0 saturated heterocycles. The van der Waals surface area contributed by atoms with E-state index in [2.05, 4.69) is 10.3 Å². The van der Waals surface area contributed by atoms with Crippen LogP contribution in [0.3, 0.4) is 0 Å². The van der Waals surface area contributed by atoms with Crippen molar-refractivity contribution in [3.05, 3.63) is 71.9 Å². The summed E-state index contributed by atoms with van der Waals surface area (Å²) in [6.45, 7) is 0. The van der Waals surface area contributed by atoms with Crippen molar-refractivity contribution in [2.75, 3.05) is 5.32 Å². The average Bonchev–Trinajstić information content (AvgIpc) is 2.54.